The number of alkyl carbamates (subject to hydrolysis) is 1. The van der Waals surface area contributed by atoms with Crippen LogP contribution in [0.25, 0.3) is 10.2 Å². The maximum absolute atomic E-state index is 13.7. The van der Waals surface area contributed by atoms with Crippen LogP contribution in [0, 0.1) is 5.92 Å². The number of aliphatic hydroxyl groups excluding tert-OH is 1. The lowest BCUT2D eigenvalue weighted by molar-refractivity contribution is 0.0644. The minimum atomic E-state index is -3.98. The average molecular weight is 563 g/mol. The van der Waals surface area contributed by atoms with Crippen LogP contribution in [0.15, 0.2) is 53.4 Å². The van der Waals surface area contributed by atoms with E-state index >= 15 is 0 Å². The van der Waals surface area contributed by atoms with Crippen molar-refractivity contribution < 1.29 is 27.8 Å². The number of amides is 1. The topological polar surface area (TPSA) is 144 Å². The molecule has 38 heavy (non-hydrogen) atoms. The lowest BCUT2D eigenvalue weighted by atomic mass is 10.0. The predicted molar refractivity (Wildman–Crippen MR) is 146 cm³/mol. The number of nitrogens with zero attached hydrogens (tertiary/aromatic N) is 2. The van der Waals surface area contributed by atoms with Gasteiger partial charge in [0.05, 0.1) is 40.5 Å². The second-order valence-electron chi connectivity index (χ2n) is 9.80. The number of aliphatic hydroxyl groups is 1. The minimum absolute atomic E-state index is 0.00683. The van der Waals surface area contributed by atoms with E-state index in [1.54, 1.807) is 12.1 Å². The van der Waals surface area contributed by atoms with E-state index < -0.39 is 28.3 Å². The number of fused-ring (bicyclic) bond motifs is 1. The molecule has 0 radical (unpaired) electrons. The molecular weight excluding hydrogens is 528 g/mol. The van der Waals surface area contributed by atoms with E-state index in [-0.39, 0.29) is 30.0 Å². The lowest BCUT2D eigenvalue weighted by Crippen LogP contribution is -2.51. The summed E-state index contributed by atoms with van der Waals surface area (Å²) in [5.41, 5.74) is 7.30. The summed E-state index contributed by atoms with van der Waals surface area (Å²) in [7, 11) is -3.98. The SMILES string of the molecule is CC(C)CN(C[C@@H](O)[C@H](Cc1ccccc1)NC(=O)O[C@H]1CCOC1)S(=O)(=O)c1ccc2nc(N)sc2c1. The molecule has 2 heterocycles. The van der Waals surface area contributed by atoms with Crippen LogP contribution in [0.4, 0.5) is 9.93 Å². The summed E-state index contributed by atoms with van der Waals surface area (Å²) < 4.78 is 40.1. The summed E-state index contributed by atoms with van der Waals surface area (Å²) >= 11 is 1.21. The molecule has 0 bridgehead atoms. The molecule has 1 aromatic heterocycles. The Morgan fingerprint density at radius 1 is 1.26 bits per heavy atom. The van der Waals surface area contributed by atoms with Crippen LogP contribution >= 0.6 is 11.3 Å². The molecular formula is C26H34N4O6S2. The quantitative estimate of drug-likeness (QED) is 0.324. The highest BCUT2D eigenvalue weighted by Gasteiger charge is 2.32. The Kier molecular flexibility index (Phi) is 9.21. The number of carbonyl (C=O) groups excluding carboxylic acids is 1. The van der Waals surface area contributed by atoms with Crippen molar-refractivity contribution in [1.82, 2.24) is 14.6 Å². The number of nitrogens with two attached hydrogens (primary N) is 1. The van der Waals surface area contributed by atoms with Gasteiger partial charge in [-0.25, -0.2) is 18.2 Å². The fourth-order valence-corrected chi connectivity index (χ4v) is 6.84. The van der Waals surface area contributed by atoms with E-state index in [0.717, 1.165) is 5.56 Å². The first-order chi connectivity index (χ1) is 18.1. The number of hydrogen-bond donors (Lipinski definition) is 3. The van der Waals surface area contributed by atoms with Crippen molar-refractivity contribution in [1.29, 1.82) is 0 Å². The van der Waals surface area contributed by atoms with Gasteiger partial charge in [-0.3, -0.25) is 0 Å². The van der Waals surface area contributed by atoms with Crippen LogP contribution in [-0.2, 0) is 25.9 Å². The summed E-state index contributed by atoms with van der Waals surface area (Å²) in [5, 5.41) is 14.4. The number of ether oxygens (including phenoxy) is 2. The number of nitrogens with one attached hydrogen (secondary N) is 1. The van der Waals surface area contributed by atoms with Crippen molar-refractivity contribution in [3.8, 4) is 0 Å². The zero-order valence-electron chi connectivity index (χ0n) is 21.4. The number of sulfonamides is 1. The maximum Gasteiger partial charge on any atom is 0.407 e. The third-order valence-electron chi connectivity index (χ3n) is 6.20. The van der Waals surface area contributed by atoms with Crippen molar-refractivity contribution in [3.63, 3.8) is 0 Å². The van der Waals surface area contributed by atoms with Gasteiger partial charge in [-0.1, -0.05) is 55.5 Å². The summed E-state index contributed by atoms with van der Waals surface area (Å²) in [6.45, 7) is 4.63. The van der Waals surface area contributed by atoms with Crippen LogP contribution < -0.4 is 11.1 Å². The summed E-state index contributed by atoms with van der Waals surface area (Å²) in [6, 6.07) is 13.3. The van der Waals surface area contributed by atoms with Crippen molar-refractivity contribution in [2.45, 2.75) is 49.8 Å². The number of rotatable bonds is 11. The van der Waals surface area contributed by atoms with Crippen LogP contribution in [0.5, 0.6) is 0 Å². The Hall–Kier alpha value is -2.77. The first-order valence-electron chi connectivity index (χ1n) is 12.5. The smallest absolute Gasteiger partial charge is 0.407 e. The van der Waals surface area contributed by atoms with E-state index in [1.807, 2.05) is 44.2 Å². The zero-order chi connectivity index (χ0) is 27.3. The van der Waals surface area contributed by atoms with Gasteiger partial charge in [0.15, 0.2) is 5.13 Å². The molecule has 0 aliphatic carbocycles. The van der Waals surface area contributed by atoms with Crippen LogP contribution in [0.3, 0.4) is 0 Å². The third-order valence-corrected chi connectivity index (χ3v) is 8.88. The Morgan fingerprint density at radius 3 is 2.71 bits per heavy atom. The molecule has 3 atom stereocenters. The normalized spacial score (nSPS) is 17.7. The average Bonchev–Trinajstić information content (AvgIpc) is 3.51. The Labute approximate surface area is 226 Å². The number of benzene rings is 2. The Morgan fingerprint density at radius 2 is 2.03 bits per heavy atom. The number of anilines is 1. The monoisotopic (exact) mass is 562 g/mol. The first-order valence-corrected chi connectivity index (χ1v) is 14.8. The van der Waals surface area contributed by atoms with Gasteiger partial charge in [0.1, 0.15) is 6.10 Å². The van der Waals surface area contributed by atoms with Gasteiger partial charge in [-0.15, -0.1) is 0 Å². The molecule has 2 aromatic carbocycles. The number of carbonyl (C=O) groups is 1. The number of thiazole rings is 1. The van der Waals surface area contributed by atoms with Crippen molar-refractivity contribution in [3.05, 3.63) is 54.1 Å². The van der Waals surface area contributed by atoms with Gasteiger partial charge in [0.2, 0.25) is 10.0 Å². The van der Waals surface area contributed by atoms with Gasteiger partial charge < -0.3 is 25.6 Å². The highest BCUT2D eigenvalue weighted by Crippen LogP contribution is 2.28. The van der Waals surface area contributed by atoms with Gasteiger partial charge >= 0.3 is 6.09 Å². The highest BCUT2D eigenvalue weighted by molar-refractivity contribution is 7.89. The number of nitrogen functional groups attached to an aromatic ring is 1. The van der Waals surface area contributed by atoms with Crippen LogP contribution in [0.2, 0.25) is 0 Å². The fraction of sp³-hybridized carbons (Fsp3) is 0.462. The van der Waals surface area contributed by atoms with Crippen LogP contribution in [-0.4, -0.2) is 73.5 Å². The molecule has 4 N–H and O–H groups in total. The predicted octanol–water partition coefficient (Wildman–Crippen LogP) is 3.01. The van der Waals surface area contributed by atoms with Gasteiger partial charge in [-0.05, 0) is 36.1 Å². The molecule has 0 unspecified atom stereocenters. The first kappa shape index (κ1) is 28.2. The molecule has 1 fully saturated rings. The van der Waals surface area contributed by atoms with E-state index in [0.29, 0.717) is 41.4 Å². The van der Waals surface area contributed by atoms with Crippen LogP contribution in [0.1, 0.15) is 25.8 Å². The standard InChI is InChI=1S/C26H34N4O6S2/c1-17(2)14-30(38(33,34)20-8-9-21-24(13-20)37-25(27)28-21)15-23(31)22(12-18-6-4-3-5-7-18)29-26(32)36-19-10-11-35-16-19/h3-9,13,17,19,22-23,31H,10-12,14-16H2,1-2H3,(H2,27,28)(H,29,32)/t19-,22-,23+/m0/s1. The molecule has 4 rings (SSSR count). The molecule has 1 aliphatic heterocycles. The Bertz CT molecular complexity index is 1330. The van der Waals surface area contributed by atoms with E-state index in [1.165, 1.54) is 21.7 Å². The van der Waals surface area contributed by atoms with Crippen molar-refractivity contribution >= 4 is 42.8 Å². The van der Waals surface area contributed by atoms with Gasteiger partial charge in [0, 0.05) is 19.5 Å². The van der Waals surface area contributed by atoms with E-state index in [9.17, 15) is 18.3 Å². The molecule has 206 valence electrons. The fourth-order valence-electron chi connectivity index (χ4n) is 4.34. The maximum atomic E-state index is 13.7. The Balaban J connectivity index is 1.56. The molecule has 1 amide bonds. The molecule has 3 aromatic rings. The van der Waals surface area contributed by atoms with E-state index in [2.05, 4.69) is 10.3 Å². The second kappa shape index (κ2) is 12.4. The lowest BCUT2D eigenvalue weighted by Gasteiger charge is -2.30. The number of aromatic nitrogens is 1. The van der Waals surface area contributed by atoms with E-state index in [4.69, 9.17) is 15.2 Å². The van der Waals surface area contributed by atoms with Crippen molar-refractivity contribution in [2.75, 3.05) is 32.0 Å². The zero-order valence-corrected chi connectivity index (χ0v) is 23.1. The molecule has 10 nitrogen and oxygen atoms in total. The summed E-state index contributed by atoms with van der Waals surface area (Å²) in [5.74, 6) is -0.00683. The number of hydrogen-bond acceptors (Lipinski definition) is 9. The molecule has 1 aliphatic rings. The van der Waals surface area contributed by atoms with Crippen molar-refractivity contribution in [2.24, 2.45) is 5.92 Å². The third kappa shape index (κ3) is 7.20. The van der Waals surface area contributed by atoms with Gasteiger partial charge in [0.25, 0.3) is 0 Å². The molecule has 1 saturated heterocycles. The van der Waals surface area contributed by atoms with Gasteiger partial charge in [-0.2, -0.15) is 4.31 Å². The summed E-state index contributed by atoms with van der Waals surface area (Å²) in [4.78, 5) is 17.0. The largest absolute Gasteiger partial charge is 0.444 e. The highest BCUT2D eigenvalue weighted by atomic mass is 32.2. The second-order valence-corrected chi connectivity index (χ2v) is 12.8. The minimum Gasteiger partial charge on any atom is -0.444 e. The molecule has 12 heteroatoms. The summed E-state index contributed by atoms with van der Waals surface area (Å²) in [6.07, 6.45) is -1.33. The molecule has 0 saturated carbocycles. The molecule has 0 spiro atoms.